The van der Waals surface area contributed by atoms with E-state index < -0.39 is 10.0 Å². The molecule has 6 nitrogen and oxygen atoms in total. The minimum Gasteiger partial charge on any atom is -0.497 e. The SMILES string of the molecule is CCCS(=O)(=O)N1CCN(C2(CCC(=O)c3ccc(OC)cc3)CCCCCC2)CC1. The van der Waals surface area contributed by atoms with Gasteiger partial charge in [-0.2, -0.15) is 4.31 Å². The van der Waals surface area contributed by atoms with Crippen molar-refractivity contribution in [2.75, 3.05) is 39.0 Å². The van der Waals surface area contributed by atoms with E-state index in [1.165, 1.54) is 25.7 Å². The zero-order valence-electron chi connectivity index (χ0n) is 19.1. The molecule has 1 aromatic rings. The fraction of sp³-hybridized carbons (Fsp3) is 0.708. The Kier molecular flexibility index (Phi) is 8.53. The third kappa shape index (κ3) is 6.08. The number of benzene rings is 1. The van der Waals surface area contributed by atoms with Crippen molar-refractivity contribution in [3.63, 3.8) is 0 Å². The minimum atomic E-state index is -3.14. The Hall–Kier alpha value is -1.44. The standard InChI is InChI=1S/C24H38N2O4S/c1-3-20-31(28,29)26-18-16-25(17-19-26)24(13-6-4-5-7-14-24)15-12-23(27)21-8-10-22(30-2)11-9-21/h8-11H,3-7,12-20H2,1-2H3. The molecule has 0 atom stereocenters. The lowest BCUT2D eigenvalue weighted by atomic mass is 9.82. The van der Waals surface area contributed by atoms with E-state index in [4.69, 9.17) is 4.74 Å². The minimum absolute atomic E-state index is 0.0131. The van der Waals surface area contributed by atoms with Crippen LogP contribution in [-0.4, -0.2) is 68.0 Å². The van der Waals surface area contributed by atoms with E-state index in [1.807, 2.05) is 31.2 Å². The molecular formula is C24H38N2O4S. The lowest BCUT2D eigenvalue weighted by Crippen LogP contribution is -2.58. The molecule has 0 amide bonds. The third-order valence-electron chi connectivity index (χ3n) is 7.03. The molecule has 1 aliphatic carbocycles. The number of Topliss-reactive ketones (excluding diaryl/α,β-unsaturated/α-hetero) is 1. The average molecular weight is 451 g/mol. The monoisotopic (exact) mass is 450 g/mol. The highest BCUT2D eigenvalue weighted by Crippen LogP contribution is 2.37. The number of rotatable bonds is 9. The molecule has 0 bridgehead atoms. The molecule has 0 radical (unpaired) electrons. The average Bonchev–Trinajstić information content (AvgIpc) is 3.04. The number of piperazine rings is 1. The van der Waals surface area contributed by atoms with Gasteiger partial charge in [0, 0.05) is 43.7 Å². The maximum absolute atomic E-state index is 12.9. The topological polar surface area (TPSA) is 66.9 Å². The van der Waals surface area contributed by atoms with Crippen LogP contribution in [0.4, 0.5) is 0 Å². The van der Waals surface area contributed by atoms with Gasteiger partial charge in [-0.05, 0) is 49.9 Å². The lowest BCUT2D eigenvalue weighted by molar-refractivity contribution is 0.0320. The van der Waals surface area contributed by atoms with Crippen LogP contribution in [0.15, 0.2) is 24.3 Å². The van der Waals surface area contributed by atoms with E-state index in [-0.39, 0.29) is 17.1 Å². The van der Waals surface area contributed by atoms with E-state index in [0.717, 1.165) is 43.7 Å². The van der Waals surface area contributed by atoms with Gasteiger partial charge in [0.2, 0.25) is 10.0 Å². The number of hydrogen-bond donors (Lipinski definition) is 0. The second-order valence-electron chi connectivity index (χ2n) is 8.99. The lowest BCUT2D eigenvalue weighted by Gasteiger charge is -2.48. The van der Waals surface area contributed by atoms with E-state index >= 15 is 0 Å². The van der Waals surface area contributed by atoms with Crippen molar-refractivity contribution >= 4 is 15.8 Å². The Morgan fingerprint density at radius 1 is 1.00 bits per heavy atom. The molecule has 2 aliphatic rings. The number of sulfonamides is 1. The highest BCUT2D eigenvalue weighted by molar-refractivity contribution is 7.89. The van der Waals surface area contributed by atoms with E-state index in [2.05, 4.69) is 4.90 Å². The molecule has 2 fully saturated rings. The number of carbonyl (C=O) groups is 1. The molecule has 1 aromatic carbocycles. The van der Waals surface area contributed by atoms with Crippen molar-refractivity contribution in [1.82, 2.24) is 9.21 Å². The van der Waals surface area contributed by atoms with Crippen molar-refractivity contribution in [3.8, 4) is 5.75 Å². The Labute approximate surface area is 188 Å². The maximum atomic E-state index is 12.9. The molecule has 1 saturated carbocycles. The predicted octanol–water partition coefficient (Wildman–Crippen LogP) is 4.11. The zero-order chi connectivity index (χ0) is 22.3. The fourth-order valence-corrected chi connectivity index (χ4v) is 6.70. The van der Waals surface area contributed by atoms with E-state index in [1.54, 1.807) is 11.4 Å². The van der Waals surface area contributed by atoms with Crippen molar-refractivity contribution in [1.29, 1.82) is 0 Å². The first-order chi connectivity index (χ1) is 14.9. The number of ether oxygens (including phenoxy) is 1. The van der Waals surface area contributed by atoms with Crippen LogP contribution in [0, 0.1) is 0 Å². The van der Waals surface area contributed by atoms with Crippen LogP contribution in [0.5, 0.6) is 5.75 Å². The van der Waals surface area contributed by atoms with Gasteiger partial charge in [0.25, 0.3) is 0 Å². The van der Waals surface area contributed by atoms with Gasteiger partial charge < -0.3 is 4.74 Å². The van der Waals surface area contributed by atoms with Gasteiger partial charge in [-0.1, -0.05) is 32.6 Å². The normalized spacial score (nSPS) is 20.8. The Morgan fingerprint density at radius 3 is 2.16 bits per heavy atom. The molecule has 0 aromatic heterocycles. The van der Waals surface area contributed by atoms with Crippen molar-refractivity contribution in [2.45, 2.75) is 70.3 Å². The summed E-state index contributed by atoms with van der Waals surface area (Å²) in [6.07, 6.45) is 9.10. The summed E-state index contributed by atoms with van der Waals surface area (Å²) >= 11 is 0. The highest BCUT2D eigenvalue weighted by Gasteiger charge is 2.40. The van der Waals surface area contributed by atoms with Gasteiger partial charge in [-0.15, -0.1) is 0 Å². The van der Waals surface area contributed by atoms with Crippen molar-refractivity contribution in [3.05, 3.63) is 29.8 Å². The van der Waals surface area contributed by atoms with Crippen LogP contribution < -0.4 is 4.74 Å². The van der Waals surface area contributed by atoms with Crippen LogP contribution in [0.2, 0.25) is 0 Å². The molecule has 3 rings (SSSR count). The van der Waals surface area contributed by atoms with Crippen LogP contribution in [0.25, 0.3) is 0 Å². The van der Waals surface area contributed by atoms with Gasteiger partial charge >= 0.3 is 0 Å². The summed E-state index contributed by atoms with van der Waals surface area (Å²) in [5.41, 5.74) is 0.749. The van der Waals surface area contributed by atoms with Crippen LogP contribution >= 0.6 is 0 Å². The molecule has 0 spiro atoms. The van der Waals surface area contributed by atoms with Crippen LogP contribution in [0.1, 0.15) is 75.1 Å². The van der Waals surface area contributed by atoms with Crippen molar-refractivity contribution in [2.24, 2.45) is 0 Å². The number of methoxy groups -OCH3 is 1. The molecule has 1 heterocycles. The quantitative estimate of drug-likeness (QED) is 0.418. The number of hydrogen-bond acceptors (Lipinski definition) is 5. The van der Waals surface area contributed by atoms with Gasteiger partial charge in [0.15, 0.2) is 5.78 Å². The smallest absolute Gasteiger partial charge is 0.214 e. The molecule has 1 saturated heterocycles. The zero-order valence-corrected chi connectivity index (χ0v) is 20.0. The molecule has 1 aliphatic heterocycles. The molecule has 7 heteroatoms. The summed E-state index contributed by atoms with van der Waals surface area (Å²) in [4.78, 5) is 15.4. The van der Waals surface area contributed by atoms with Crippen LogP contribution in [-0.2, 0) is 10.0 Å². The Bertz CT molecular complexity index is 806. The van der Waals surface area contributed by atoms with E-state index in [0.29, 0.717) is 25.9 Å². The number of carbonyl (C=O) groups excluding carboxylic acids is 1. The largest absolute Gasteiger partial charge is 0.497 e. The summed E-state index contributed by atoms with van der Waals surface area (Å²) in [5.74, 6) is 1.16. The molecule has 174 valence electrons. The Morgan fingerprint density at radius 2 is 1.61 bits per heavy atom. The number of nitrogens with zero attached hydrogens (tertiary/aromatic N) is 2. The summed E-state index contributed by atoms with van der Waals surface area (Å²) in [7, 11) is -1.51. The second kappa shape index (κ2) is 10.9. The summed E-state index contributed by atoms with van der Waals surface area (Å²) in [6.45, 7) is 4.57. The molecule has 31 heavy (non-hydrogen) atoms. The molecule has 0 unspecified atom stereocenters. The van der Waals surface area contributed by atoms with Gasteiger partial charge in [-0.3, -0.25) is 9.69 Å². The first-order valence-corrected chi connectivity index (χ1v) is 13.4. The maximum Gasteiger partial charge on any atom is 0.214 e. The first-order valence-electron chi connectivity index (χ1n) is 11.8. The summed E-state index contributed by atoms with van der Waals surface area (Å²) in [5, 5.41) is 0. The number of ketones is 1. The van der Waals surface area contributed by atoms with Crippen molar-refractivity contribution < 1.29 is 17.9 Å². The van der Waals surface area contributed by atoms with Gasteiger partial charge in [0.05, 0.1) is 12.9 Å². The predicted molar refractivity (Wildman–Crippen MR) is 124 cm³/mol. The third-order valence-corrected chi connectivity index (χ3v) is 9.10. The van der Waals surface area contributed by atoms with Gasteiger partial charge in [0.1, 0.15) is 5.75 Å². The van der Waals surface area contributed by atoms with E-state index in [9.17, 15) is 13.2 Å². The second-order valence-corrected chi connectivity index (χ2v) is 11.1. The Balaban J connectivity index is 1.67. The molecular weight excluding hydrogens is 412 g/mol. The summed E-state index contributed by atoms with van der Waals surface area (Å²) in [6, 6.07) is 7.37. The van der Waals surface area contributed by atoms with Gasteiger partial charge in [-0.25, -0.2) is 8.42 Å². The van der Waals surface area contributed by atoms with Crippen LogP contribution in [0.3, 0.4) is 0 Å². The molecule has 0 N–H and O–H groups in total. The first kappa shape index (κ1) is 24.2. The summed E-state index contributed by atoms with van der Waals surface area (Å²) < 4.78 is 31.8. The fourth-order valence-electron chi connectivity index (χ4n) is 5.21. The highest BCUT2D eigenvalue weighted by atomic mass is 32.2.